The third-order valence-electron chi connectivity index (χ3n) is 2.42. The average molecular weight is 276 g/mol. The second-order valence-electron chi connectivity index (χ2n) is 3.66. The molecule has 0 unspecified atom stereocenters. The van der Waals surface area contributed by atoms with Crippen LogP contribution in [0.4, 0.5) is 5.69 Å². The first-order valence-electron chi connectivity index (χ1n) is 5.20. The van der Waals surface area contributed by atoms with Gasteiger partial charge in [0.25, 0.3) is 5.91 Å². The Morgan fingerprint density at radius 1 is 1.39 bits per heavy atom. The van der Waals surface area contributed by atoms with Crippen molar-refractivity contribution in [2.75, 3.05) is 5.32 Å². The van der Waals surface area contributed by atoms with E-state index in [1.807, 2.05) is 18.2 Å². The van der Waals surface area contributed by atoms with Crippen molar-refractivity contribution in [2.24, 2.45) is 0 Å². The number of amides is 1. The maximum Gasteiger partial charge on any atom is 0.291 e. The Morgan fingerprint density at radius 2 is 2.28 bits per heavy atom. The zero-order chi connectivity index (χ0) is 12.5. The summed E-state index contributed by atoms with van der Waals surface area (Å²) in [5, 5.41) is 2.77. The molecule has 1 aromatic carbocycles. The van der Waals surface area contributed by atoms with Crippen LogP contribution >= 0.6 is 23.6 Å². The van der Waals surface area contributed by atoms with Gasteiger partial charge in [-0.1, -0.05) is 0 Å². The number of furan rings is 1. The molecule has 3 aromatic rings. The van der Waals surface area contributed by atoms with E-state index in [9.17, 15) is 4.79 Å². The van der Waals surface area contributed by atoms with Crippen LogP contribution in [0.15, 0.2) is 41.0 Å². The standard InChI is InChI=1S/C12H8N2O2S2/c15-11(9-2-1-5-16-9)13-7-3-4-8-10(6-7)18-12(17)14-8/h1-6H,(H,13,15)(H,14,17). The van der Waals surface area contributed by atoms with Crippen LogP contribution < -0.4 is 5.32 Å². The van der Waals surface area contributed by atoms with Crippen LogP contribution in [-0.4, -0.2) is 10.9 Å². The number of benzene rings is 1. The van der Waals surface area contributed by atoms with Crippen LogP contribution in [0.2, 0.25) is 0 Å². The van der Waals surface area contributed by atoms with E-state index in [4.69, 9.17) is 16.6 Å². The second kappa shape index (κ2) is 4.40. The molecule has 90 valence electrons. The minimum atomic E-state index is -0.265. The average Bonchev–Trinajstić information content (AvgIpc) is 2.95. The van der Waals surface area contributed by atoms with E-state index in [2.05, 4.69) is 10.3 Å². The molecule has 1 amide bonds. The zero-order valence-corrected chi connectivity index (χ0v) is 10.7. The Bertz CT molecular complexity index is 756. The van der Waals surface area contributed by atoms with Gasteiger partial charge in [0.1, 0.15) is 0 Å². The largest absolute Gasteiger partial charge is 0.459 e. The second-order valence-corrected chi connectivity index (χ2v) is 5.38. The molecule has 0 spiro atoms. The molecule has 0 radical (unpaired) electrons. The molecule has 0 aliphatic heterocycles. The fraction of sp³-hybridized carbons (Fsp3) is 0. The van der Waals surface area contributed by atoms with Crippen molar-refractivity contribution in [2.45, 2.75) is 0 Å². The number of aromatic amines is 1. The first kappa shape index (κ1) is 11.2. The third kappa shape index (κ3) is 2.07. The Hall–Kier alpha value is -1.92. The summed E-state index contributed by atoms with van der Waals surface area (Å²) >= 11 is 6.55. The highest BCUT2D eigenvalue weighted by atomic mass is 32.1. The fourth-order valence-corrected chi connectivity index (χ4v) is 2.78. The number of rotatable bonds is 2. The normalized spacial score (nSPS) is 10.7. The lowest BCUT2D eigenvalue weighted by Gasteiger charge is -2.02. The van der Waals surface area contributed by atoms with Gasteiger partial charge in [-0.2, -0.15) is 0 Å². The summed E-state index contributed by atoms with van der Waals surface area (Å²) in [6, 6.07) is 8.89. The van der Waals surface area contributed by atoms with Crippen LogP contribution in [0.1, 0.15) is 10.6 Å². The smallest absolute Gasteiger partial charge is 0.291 e. The Kier molecular flexibility index (Phi) is 2.73. The lowest BCUT2D eigenvalue weighted by molar-refractivity contribution is 0.0996. The summed E-state index contributed by atoms with van der Waals surface area (Å²) in [7, 11) is 0. The Morgan fingerprint density at radius 3 is 3.06 bits per heavy atom. The molecule has 6 heteroatoms. The minimum absolute atomic E-state index is 0.265. The molecule has 2 aromatic heterocycles. The summed E-state index contributed by atoms with van der Waals surface area (Å²) in [6.07, 6.45) is 1.47. The first-order valence-corrected chi connectivity index (χ1v) is 6.42. The number of fused-ring (bicyclic) bond motifs is 1. The van der Waals surface area contributed by atoms with Gasteiger partial charge in [0.2, 0.25) is 0 Å². The zero-order valence-electron chi connectivity index (χ0n) is 9.10. The molecule has 18 heavy (non-hydrogen) atoms. The number of anilines is 1. The van der Waals surface area contributed by atoms with Crippen molar-refractivity contribution in [1.29, 1.82) is 0 Å². The number of thiazole rings is 1. The highest BCUT2D eigenvalue weighted by Crippen LogP contribution is 2.23. The number of hydrogen-bond acceptors (Lipinski definition) is 4. The predicted octanol–water partition coefficient (Wildman–Crippen LogP) is 3.80. The van der Waals surface area contributed by atoms with Crippen LogP contribution in [-0.2, 0) is 0 Å². The summed E-state index contributed by atoms with van der Waals surface area (Å²) in [5.41, 5.74) is 1.69. The number of carbonyl (C=O) groups is 1. The lowest BCUT2D eigenvalue weighted by atomic mass is 10.3. The quantitative estimate of drug-likeness (QED) is 0.700. The van der Waals surface area contributed by atoms with E-state index in [-0.39, 0.29) is 11.7 Å². The SMILES string of the molecule is O=C(Nc1ccc2[nH]c(=S)sc2c1)c1ccco1. The summed E-state index contributed by atoms with van der Waals surface area (Å²) in [4.78, 5) is 14.9. The maximum absolute atomic E-state index is 11.8. The molecule has 0 aliphatic carbocycles. The minimum Gasteiger partial charge on any atom is -0.459 e. The number of hydrogen-bond donors (Lipinski definition) is 2. The monoisotopic (exact) mass is 276 g/mol. The summed E-state index contributed by atoms with van der Waals surface area (Å²) in [6.45, 7) is 0. The third-order valence-corrected chi connectivity index (χ3v) is 3.62. The molecule has 0 bridgehead atoms. The maximum atomic E-state index is 11.8. The first-order chi connectivity index (χ1) is 8.72. The van der Waals surface area contributed by atoms with E-state index in [1.165, 1.54) is 17.6 Å². The van der Waals surface area contributed by atoms with Crippen molar-refractivity contribution in [3.05, 3.63) is 46.3 Å². The number of nitrogens with one attached hydrogen (secondary N) is 2. The molecule has 2 heterocycles. The van der Waals surface area contributed by atoms with Crippen LogP contribution in [0, 0.1) is 3.95 Å². The van der Waals surface area contributed by atoms with E-state index >= 15 is 0 Å². The predicted molar refractivity (Wildman–Crippen MR) is 73.7 cm³/mol. The van der Waals surface area contributed by atoms with E-state index in [0.717, 1.165) is 14.2 Å². The van der Waals surface area contributed by atoms with Gasteiger partial charge in [0.15, 0.2) is 9.71 Å². The van der Waals surface area contributed by atoms with Gasteiger partial charge in [-0.25, -0.2) is 0 Å². The molecule has 2 N–H and O–H groups in total. The van der Waals surface area contributed by atoms with Crippen LogP contribution in [0.3, 0.4) is 0 Å². The van der Waals surface area contributed by atoms with Crippen LogP contribution in [0.5, 0.6) is 0 Å². The number of aromatic nitrogens is 1. The van der Waals surface area contributed by atoms with Gasteiger partial charge in [0, 0.05) is 5.69 Å². The van der Waals surface area contributed by atoms with E-state index in [0.29, 0.717) is 5.69 Å². The molecule has 0 saturated carbocycles. The van der Waals surface area contributed by atoms with Gasteiger partial charge >= 0.3 is 0 Å². The van der Waals surface area contributed by atoms with E-state index < -0.39 is 0 Å². The van der Waals surface area contributed by atoms with Gasteiger partial charge < -0.3 is 14.7 Å². The van der Waals surface area contributed by atoms with E-state index in [1.54, 1.807) is 12.1 Å². The van der Waals surface area contributed by atoms with Crippen molar-refractivity contribution in [3.63, 3.8) is 0 Å². The summed E-state index contributed by atoms with van der Waals surface area (Å²) in [5.74, 6) is 0.0234. The van der Waals surface area contributed by atoms with Crippen molar-refractivity contribution >= 4 is 45.4 Å². The topological polar surface area (TPSA) is 58.0 Å². The Balaban J connectivity index is 1.91. The molecule has 0 atom stereocenters. The molecular formula is C12H8N2O2S2. The molecule has 3 rings (SSSR count). The van der Waals surface area contributed by atoms with Crippen molar-refractivity contribution in [3.8, 4) is 0 Å². The highest BCUT2D eigenvalue weighted by molar-refractivity contribution is 7.73. The van der Waals surface area contributed by atoms with Crippen molar-refractivity contribution < 1.29 is 9.21 Å². The van der Waals surface area contributed by atoms with Gasteiger partial charge in [-0.05, 0) is 42.5 Å². The van der Waals surface area contributed by atoms with Crippen LogP contribution in [0.25, 0.3) is 10.2 Å². The molecular weight excluding hydrogens is 268 g/mol. The number of H-pyrrole nitrogens is 1. The summed E-state index contributed by atoms with van der Waals surface area (Å²) < 4.78 is 6.76. The fourth-order valence-electron chi connectivity index (χ4n) is 1.62. The van der Waals surface area contributed by atoms with Crippen molar-refractivity contribution in [1.82, 2.24) is 4.98 Å². The van der Waals surface area contributed by atoms with Gasteiger partial charge in [-0.3, -0.25) is 4.79 Å². The molecule has 0 aliphatic rings. The lowest BCUT2D eigenvalue weighted by Crippen LogP contribution is -2.10. The molecule has 4 nitrogen and oxygen atoms in total. The molecule has 0 saturated heterocycles. The number of carbonyl (C=O) groups excluding carboxylic acids is 1. The Labute approximate surface area is 111 Å². The van der Waals surface area contributed by atoms with Gasteiger partial charge in [-0.15, -0.1) is 11.3 Å². The van der Waals surface area contributed by atoms with Gasteiger partial charge in [0.05, 0.1) is 16.5 Å². The highest BCUT2D eigenvalue weighted by Gasteiger charge is 2.09. The molecule has 0 fully saturated rings.